The fourth-order valence-electron chi connectivity index (χ4n) is 2.96. The molecule has 0 bridgehead atoms. The molecule has 0 aromatic heterocycles. The zero-order valence-electron chi connectivity index (χ0n) is 19.8. The summed E-state index contributed by atoms with van der Waals surface area (Å²) in [4.78, 5) is 56.4. The third kappa shape index (κ3) is 13.1. The van der Waals surface area contributed by atoms with E-state index in [2.05, 4.69) is 5.32 Å². The van der Waals surface area contributed by atoms with Gasteiger partial charge in [-0.15, -0.1) is 0 Å². The lowest BCUT2D eigenvalue weighted by molar-refractivity contribution is -0.156. The normalized spacial score (nSPS) is 13.7. The van der Waals surface area contributed by atoms with E-state index in [4.69, 9.17) is 24.5 Å². The second kappa shape index (κ2) is 15.2. The summed E-state index contributed by atoms with van der Waals surface area (Å²) < 4.78 is 41.4. The molecule has 1 heterocycles. The van der Waals surface area contributed by atoms with E-state index >= 15 is 0 Å². The number of nitrogens with one attached hydrogen (secondary N) is 1. The lowest BCUT2D eigenvalue weighted by Crippen LogP contribution is -2.31. The van der Waals surface area contributed by atoms with Crippen LogP contribution in [0.5, 0.6) is 11.5 Å². The molecule has 1 aliphatic rings. The average molecular weight is 531 g/mol. The van der Waals surface area contributed by atoms with E-state index in [1.807, 2.05) is 6.08 Å². The highest BCUT2D eigenvalue weighted by Gasteiger charge is 2.25. The molecule has 1 saturated heterocycles. The van der Waals surface area contributed by atoms with Crippen LogP contribution in [0.1, 0.15) is 23.2 Å². The number of hydrogen-bond acceptors (Lipinski definition) is 8. The van der Waals surface area contributed by atoms with Crippen molar-refractivity contribution in [3.05, 3.63) is 35.9 Å². The van der Waals surface area contributed by atoms with Crippen LogP contribution in [0.3, 0.4) is 0 Å². The van der Waals surface area contributed by atoms with E-state index in [9.17, 15) is 32.3 Å². The number of halogens is 3. The van der Waals surface area contributed by atoms with E-state index < -0.39 is 43.4 Å². The molecule has 0 unspecified atom stereocenters. The van der Waals surface area contributed by atoms with Crippen molar-refractivity contribution in [2.45, 2.75) is 19.0 Å². The summed E-state index contributed by atoms with van der Waals surface area (Å²) in [5.74, 6) is -2.90. The van der Waals surface area contributed by atoms with Gasteiger partial charge in [0.2, 0.25) is 12.2 Å². The number of nitrogens with zero attached hydrogens (tertiary/aromatic N) is 1. The van der Waals surface area contributed by atoms with Crippen molar-refractivity contribution < 1.29 is 56.8 Å². The minimum Gasteiger partial charge on any atom is -0.479 e. The second-order valence-electron chi connectivity index (χ2n) is 7.75. The number of carbonyl (C=O) groups is 5. The highest BCUT2D eigenvalue weighted by molar-refractivity contribution is 6.01. The number of piperidine rings is 1. The molecule has 2 rings (SSSR count). The third-order valence-electron chi connectivity index (χ3n) is 4.75. The van der Waals surface area contributed by atoms with Gasteiger partial charge in [0.05, 0.1) is 6.54 Å². The van der Waals surface area contributed by atoms with Crippen molar-refractivity contribution in [1.29, 1.82) is 0 Å². The highest BCUT2D eigenvalue weighted by atomic mass is 19.4. The number of carboxylic acids is 2. The Labute approximate surface area is 209 Å². The van der Waals surface area contributed by atoms with Gasteiger partial charge in [-0.1, -0.05) is 6.08 Å². The van der Waals surface area contributed by atoms with Gasteiger partial charge >= 0.3 is 18.1 Å². The molecule has 0 spiro atoms. The average Bonchev–Trinajstić information content (AvgIpc) is 2.85. The van der Waals surface area contributed by atoms with Gasteiger partial charge in [0.15, 0.2) is 30.5 Å². The summed E-state index contributed by atoms with van der Waals surface area (Å²) in [7, 11) is 1.51. The number of allylic oxidation sites excluding steroid dienone is 1. The first kappa shape index (κ1) is 31.1. The molecule has 204 valence electrons. The molecular weight excluding hydrogens is 504 g/mol. The monoisotopic (exact) mass is 531 g/mol. The summed E-state index contributed by atoms with van der Waals surface area (Å²) in [6, 6.07) is 3.99. The molecule has 14 heteroatoms. The number of carbonyl (C=O) groups excluding carboxylic acids is 3. The number of aliphatic carboxylic acids is 2. The van der Waals surface area contributed by atoms with Crippen LogP contribution in [0.15, 0.2) is 30.4 Å². The number of ketones is 1. The van der Waals surface area contributed by atoms with E-state index in [1.54, 1.807) is 0 Å². The van der Waals surface area contributed by atoms with E-state index in [0.717, 1.165) is 25.9 Å². The number of ether oxygens (including phenoxy) is 2. The van der Waals surface area contributed by atoms with Crippen molar-refractivity contribution in [2.24, 2.45) is 5.92 Å². The Morgan fingerprint density at radius 1 is 1.05 bits per heavy atom. The maximum atomic E-state index is 12.6. The number of aldehydes is 1. The summed E-state index contributed by atoms with van der Waals surface area (Å²) >= 11 is 0. The van der Waals surface area contributed by atoms with Gasteiger partial charge in [-0.25, -0.2) is 9.59 Å². The molecule has 0 aliphatic carbocycles. The van der Waals surface area contributed by atoms with Crippen LogP contribution < -0.4 is 14.8 Å². The Morgan fingerprint density at radius 2 is 1.59 bits per heavy atom. The van der Waals surface area contributed by atoms with Crippen molar-refractivity contribution in [3.8, 4) is 11.5 Å². The standard InChI is InChI=1S/C21H26N2O8.C2HF3O/c1-23(19(25)5-2-14-6-8-22-9-7-14)11-16(24)15-3-4-17(30-12-20(26)27)18(10-15)31-13-21(28)29;3-2(4,5)1-6/h2-5,10,14,22H,6-9,11-13H2,1H3,(H,26,27)(H,28,29);1H/b5-2+;/i1-1;. The fourth-order valence-corrected chi connectivity index (χ4v) is 2.96. The molecule has 0 radical (unpaired) electrons. The Morgan fingerprint density at radius 3 is 2.11 bits per heavy atom. The molecule has 1 aliphatic heterocycles. The van der Waals surface area contributed by atoms with Crippen molar-refractivity contribution in [2.75, 3.05) is 39.9 Å². The molecule has 0 saturated carbocycles. The molecule has 1 amide bonds. The predicted octanol–water partition coefficient (Wildman–Crippen LogP) is 1.56. The van der Waals surface area contributed by atoms with Crippen LogP contribution in [-0.2, 0) is 19.2 Å². The number of rotatable bonds is 11. The summed E-state index contributed by atoms with van der Waals surface area (Å²) in [5.41, 5.74) is 0.171. The number of benzene rings is 1. The maximum Gasteiger partial charge on any atom is 0.446 e. The number of hydrogen-bond donors (Lipinski definition) is 3. The Hall–Kier alpha value is -3.94. The minimum absolute atomic E-state index is 0.00506. The quantitative estimate of drug-likeness (QED) is 0.217. The topological polar surface area (TPSA) is 160 Å². The Bertz CT molecular complexity index is 990. The summed E-state index contributed by atoms with van der Waals surface area (Å²) in [5, 5.41) is 20.8. The lowest BCUT2D eigenvalue weighted by atomic mass is 9.97. The first-order valence-corrected chi connectivity index (χ1v) is 10.9. The number of Topliss-reactive ketones (excluding diaryl/α,β-unsaturated/α-hetero) is 1. The summed E-state index contributed by atoms with van der Waals surface area (Å²) in [6.45, 7) is 0.285. The number of carboxylic acid groups (broad SMARTS) is 2. The number of likely N-dealkylation sites (N-methyl/N-ethyl adjacent to an activating group) is 1. The zero-order chi connectivity index (χ0) is 28.0. The molecule has 1 fully saturated rings. The maximum absolute atomic E-state index is 12.6. The van der Waals surface area contributed by atoms with Gasteiger partial charge in [-0.05, 0) is 56.1 Å². The first-order valence-electron chi connectivity index (χ1n) is 10.9. The lowest BCUT2D eigenvalue weighted by Gasteiger charge is -2.20. The Balaban J connectivity index is 0.00000102. The predicted molar refractivity (Wildman–Crippen MR) is 122 cm³/mol. The minimum atomic E-state index is -4.64. The SMILES string of the molecule is O=CC(F)(F)F.[11CH3]N(CC(=O)c1ccc(OCC(=O)O)c(OCC(=O)O)c1)C(=O)/C=C/C1CCNCC1. The number of amides is 1. The van der Waals surface area contributed by atoms with Crippen molar-refractivity contribution in [1.82, 2.24) is 10.2 Å². The second-order valence-corrected chi connectivity index (χ2v) is 7.75. The van der Waals surface area contributed by atoms with Crippen LogP contribution in [-0.4, -0.2) is 91.1 Å². The smallest absolute Gasteiger partial charge is 0.446 e. The molecule has 0 atom stereocenters. The molecule has 37 heavy (non-hydrogen) atoms. The molecule has 11 nitrogen and oxygen atoms in total. The number of alkyl halides is 3. The van der Waals surface area contributed by atoms with Crippen LogP contribution in [0.25, 0.3) is 0 Å². The van der Waals surface area contributed by atoms with Crippen LogP contribution >= 0.6 is 0 Å². The van der Waals surface area contributed by atoms with Gasteiger partial charge in [-0.3, -0.25) is 14.4 Å². The van der Waals surface area contributed by atoms with Gasteiger partial charge in [0.25, 0.3) is 0 Å². The van der Waals surface area contributed by atoms with Crippen molar-refractivity contribution >= 4 is 29.9 Å². The highest BCUT2D eigenvalue weighted by Crippen LogP contribution is 2.29. The van der Waals surface area contributed by atoms with Crippen molar-refractivity contribution in [3.63, 3.8) is 0 Å². The van der Waals surface area contributed by atoms with Crippen LogP contribution in [0, 0.1) is 5.92 Å². The first-order chi connectivity index (χ1) is 17.3. The van der Waals surface area contributed by atoms with Gasteiger partial charge in [0.1, 0.15) is 0 Å². The van der Waals surface area contributed by atoms with Crippen LogP contribution in [0.4, 0.5) is 13.2 Å². The molecular formula is C23H27F3N2O9. The van der Waals surface area contributed by atoms with E-state index in [0.29, 0.717) is 5.92 Å². The van der Waals surface area contributed by atoms with Gasteiger partial charge < -0.3 is 29.9 Å². The van der Waals surface area contributed by atoms with E-state index in [1.165, 1.54) is 36.2 Å². The zero-order valence-corrected chi connectivity index (χ0v) is 19.8. The fraction of sp³-hybridized carbons (Fsp3) is 0.435. The molecule has 3 N–H and O–H groups in total. The van der Waals surface area contributed by atoms with Gasteiger partial charge in [0, 0.05) is 12.6 Å². The third-order valence-corrected chi connectivity index (χ3v) is 4.75. The Kier molecular flexibility index (Phi) is 12.8. The largest absolute Gasteiger partial charge is 0.479 e. The summed E-state index contributed by atoms with van der Waals surface area (Å²) in [6.07, 6.45) is -0.430. The van der Waals surface area contributed by atoms with Gasteiger partial charge in [-0.2, -0.15) is 13.2 Å². The van der Waals surface area contributed by atoms with Crippen LogP contribution in [0.2, 0.25) is 0 Å². The molecule has 1 aromatic rings. The van der Waals surface area contributed by atoms with E-state index in [-0.39, 0.29) is 29.5 Å². The molecule has 1 aromatic carbocycles.